The fraction of sp³-hybridized carbons (Fsp3) is 0.467. The molecule has 7 nitrogen and oxygen atoms in total. The third kappa shape index (κ3) is 5.30. The van der Waals surface area contributed by atoms with E-state index in [-0.39, 0.29) is 47.8 Å². The molecule has 1 amide bonds. The van der Waals surface area contributed by atoms with Gasteiger partial charge < -0.3 is 15.2 Å². The first-order valence-corrected chi connectivity index (χ1v) is 7.17. The van der Waals surface area contributed by atoms with Crippen LogP contribution in [-0.4, -0.2) is 26.9 Å². The van der Waals surface area contributed by atoms with E-state index in [4.69, 9.17) is 0 Å². The molecule has 0 spiro atoms. The van der Waals surface area contributed by atoms with Gasteiger partial charge in [-0.25, -0.2) is 4.68 Å². The Balaban J connectivity index is 0.00000264. The Morgan fingerprint density at radius 3 is 2.65 bits per heavy atom. The van der Waals surface area contributed by atoms with E-state index < -0.39 is 11.9 Å². The van der Waals surface area contributed by atoms with Crippen molar-refractivity contribution in [2.45, 2.75) is 26.7 Å². The minimum Gasteiger partial charge on any atom is -0.550 e. The van der Waals surface area contributed by atoms with Crippen molar-refractivity contribution >= 4 is 28.6 Å². The van der Waals surface area contributed by atoms with Crippen LogP contribution in [0.4, 0.5) is 5.69 Å². The molecule has 2 aromatic rings. The molecule has 1 unspecified atom stereocenters. The van der Waals surface area contributed by atoms with Crippen LogP contribution in [0.25, 0.3) is 11.0 Å². The van der Waals surface area contributed by atoms with Gasteiger partial charge in [-0.15, -0.1) is 5.10 Å². The van der Waals surface area contributed by atoms with Gasteiger partial charge in [-0.05, 0) is 37.0 Å². The van der Waals surface area contributed by atoms with E-state index in [1.807, 2.05) is 13.8 Å². The van der Waals surface area contributed by atoms with Gasteiger partial charge in [0.15, 0.2) is 0 Å². The number of carboxylic acids is 1. The smallest absolute Gasteiger partial charge is 0.550 e. The van der Waals surface area contributed by atoms with Crippen LogP contribution in [0.3, 0.4) is 0 Å². The summed E-state index contributed by atoms with van der Waals surface area (Å²) >= 11 is 0. The predicted octanol–water partition coefficient (Wildman–Crippen LogP) is -2.29. The van der Waals surface area contributed by atoms with E-state index >= 15 is 0 Å². The van der Waals surface area contributed by atoms with Crippen LogP contribution in [0.1, 0.15) is 26.7 Å². The number of carboxylic acid groups (broad SMARTS) is 1. The molecular formula is C15H19N4NaO3. The number of aryl methyl sites for hydroxylation is 1. The first-order chi connectivity index (χ1) is 10.4. The molecule has 0 saturated heterocycles. The quantitative estimate of drug-likeness (QED) is 0.603. The van der Waals surface area contributed by atoms with E-state index in [0.717, 1.165) is 5.52 Å². The van der Waals surface area contributed by atoms with Crippen molar-refractivity contribution in [3.8, 4) is 0 Å². The molecular weight excluding hydrogens is 307 g/mol. The average molecular weight is 326 g/mol. The Kier molecular flexibility index (Phi) is 7.18. The second kappa shape index (κ2) is 8.42. The van der Waals surface area contributed by atoms with Gasteiger partial charge in [0, 0.05) is 24.6 Å². The van der Waals surface area contributed by atoms with Crippen molar-refractivity contribution in [2.75, 3.05) is 5.32 Å². The first kappa shape index (κ1) is 19.6. The van der Waals surface area contributed by atoms with Gasteiger partial charge in [-0.2, -0.15) is 0 Å². The van der Waals surface area contributed by atoms with Crippen LogP contribution in [0, 0.1) is 11.8 Å². The number of anilines is 1. The Morgan fingerprint density at radius 1 is 1.35 bits per heavy atom. The average Bonchev–Trinajstić information content (AvgIpc) is 2.78. The molecule has 1 N–H and O–H groups in total. The molecule has 0 radical (unpaired) electrons. The third-order valence-corrected chi connectivity index (χ3v) is 3.42. The number of hydrogen-bond donors (Lipinski definition) is 1. The maximum atomic E-state index is 12.3. The number of nitrogens with zero attached hydrogens (tertiary/aromatic N) is 3. The molecule has 0 bridgehead atoms. The number of hydrogen-bond acceptors (Lipinski definition) is 5. The van der Waals surface area contributed by atoms with E-state index in [1.165, 1.54) is 0 Å². The molecule has 1 heterocycles. The zero-order valence-electron chi connectivity index (χ0n) is 13.9. The van der Waals surface area contributed by atoms with Gasteiger partial charge >= 0.3 is 29.6 Å². The van der Waals surface area contributed by atoms with Crippen molar-refractivity contribution in [2.24, 2.45) is 18.9 Å². The van der Waals surface area contributed by atoms with E-state index in [1.54, 1.807) is 29.9 Å². The standard InChI is InChI=1S/C15H20N4O3.Na/c1-9(2)6-10(7-14(20)21)15(22)16-11-4-5-13-12(8-11)17-18-19(13)3;/h4-5,8-10H,6-7H2,1-3H3,(H,16,22)(H,20,21);/q;+1/p-1. The monoisotopic (exact) mass is 326 g/mol. The molecule has 23 heavy (non-hydrogen) atoms. The maximum Gasteiger partial charge on any atom is 1.00 e. The summed E-state index contributed by atoms with van der Waals surface area (Å²) in [7, 11) is 1.78. The summed E-state index contributed by atoms with van der Waals surface area (Å²) in [5, 5.41) is 21.4. The molecule has 2 rings (SSSR count). The summed E-state index contributed by atoms with van der Waals surface area (Å²) < 4.78 is 1.64. The van der Waals surface area contributed by atoms with Crippen LogP contribution in [0.2, 0.25) is 0 Å². The van der Waals surface area contributed by atoms with Gasteiger partial charge in [-0.1, -0.05) is 19.1 Å². The maximum absolute atomic E-state index is 12.3. The van der Waals surface area contributed by atoms with Crippen LogP contribution in [0.15, 0.2) is 18.2 Å². The minimum absolute atomic E-state index is 0. The molecule has 0 fully saturated rings. The topological polar surface area (TPSA) is 99.9 Å². The van der Waals surface area contributed by atoms with Crippen molar-refractivity contribution in [1.82, 2.24) is 15.0 Å². The molecule has 0 aliphatic carbocycles. The number of fused-ring (bicyclic) bond motifs is 1. The summed E-state index contributed by atoms with van der Waals surface area (Å²) in [6, 6.07) is 5.27. The molecule has 0 aliphatic heterocycles. The fourth-order valence-electron chi connectivity index (χ4n) is 2.42. The minimum atomic E-state index is -1.22. The van der Waals surface area contributed by atoms with Crippen LogP contribution >= 0.6 is 0 Å². The Hall–Kier alpha value is -1.44. The number of aromatic nitrogens is 3. The van der Waals surface area contributed by atoms with Gasteiger partial charge in [0.2, 0.25) is 5.91 Å². The summed E-state index contributed by atoms with van der Waals surface area (Å²) in [6.45, 7) is 3.89. The summed E-state index contributed by atoms with van der Waals surface area (Å²) in [5.41, 5.74) is 2.09. The number of carbonyl (C=O) groups is 2. The molecule has 0 saturated carbocycles. The number of carbonyl (C=O) groups excluding carboxylic acids is 2. The third-order valence-electron chi connectivity index (χ3n) is 3.42. The number of nitrogens with one attached hydrogen (secondary N) is 1. The molecule has 1 aromatic carbocycles. The van der Waals surface area contributed by atoms with Crippen LogP contribution in [0.5, 0.6) is 0 Å². The number of rotatable bonds is 6. The zero-order valence-corrected chi connectivity index (χ0v) is 15.9. The first-order valence-electron chi connectivity index (χ1n) is 7.17. The summed E-state index contributed by atoms with van der Waals surface area (Å²) in [5.74, 6) is -1.92. The number of benzene rings is 1. The summed E-state index contributed by atoms with van der Waals surface area (Å²) in [4.78, 5) is 23.1. The molecule has 118 valence electrons. The van der Waals surface area contributed by atoms with Gasteiger partial charge in [0.05, 0.1) is 5.52 Å². The van der Waals surface area contributed by atoms with E-state index in [0.29, 0.717) is 17.6 Å². The van der Waals surface area contributed by atoms with Crippen molar-refractivity contribution < 1.29 is 44.3 Å². The van der Waals surface area contributed by atoms with Crippen molar-refractivity contribution in [3.05, 3.63) is 18.2 Å². The second-order valence-corrected chi connectivity index (χ2v) is 5.81. The normalized spacial score (nSPS) is 12.0. The Bertz CT molecular complexity index is 699. The van der Waals surface area contributed by atoms with Crippen LogP contribution in [-0.2, 0) is 16.6 Å². The predicted molar refractivity (Wildman–Crippen MR) is 79.7 cm³/mol. The Morgan fingerprint density at radius 2 is 2.04 bits per heavy atom. The van der Waals surface area contributed by atoms with Crippen molar-refractivity contribution in [3.63, 3.8) is 0 Å². The molecule has 8 heteroatoms. The van der Waals surface area contributed by atoms with Gasteiger partial charge in [0.1, 0.15) is 5.52 Å². The van der Waals surface area contributed by atoms with Gasteiger partial charge in [-0.3, -0.25) is 4.79 Å². The Labute approximate surface area is 156 Å². The largest absolute Gasteiger partial charge is 1.00 e. The van der Waals surface area contributed by atoms with E-state index in [2.05, 4.69) is 15.6 Å². The molecule has 0 aliphatic rings. The second-order valence-electron chi connectivity index (χ2n) is 5.81. The molecule has 1 aromatic heterocycles. The van der Waals surface area contributed by atoms with Gasteiger partial charge in [0.25, 0.3) is 0 Å². The fourth-order valence-corrected chi connectivity index (χ4v) is 2.42. The van der Waals surface area contributed by atoms with Crippen molar-refractivity contribution in [1.29, 1.82) is 0 Å². The zero-order chi connectivity index (χ0) is 16.3. The number of amides is 1. The van der Waals surface area contributed by atoms with Crippen LogP contribution < -0.4 is 40.0 Å². The van der Waals surface area contributed by atoms with E-state index in [9.17, 15) is 14.7 Å². The summed E-state index contributed by atoms with van der Waals surface area (Å²) in [6.07, 6.45) is 0.213. The number of aliphatic carboxylic acids is 1. The SMILES string of the molecule is CC(C)CC(CC(=O)[O-])C(=O)Nc1ccc2c(c1)nnn2C.[Na+]. The molecule has 1 atom stereocenters.